The fourth-order valence-electron chi connectivity index (χ4n) is 1.84. The van der Waals surface area contributed by atoms with Crippen LogP contribution in [0.5, 0.6) is 5.75 Å². The van der Waals surface area contributed by atoms with Crippen LogP contribution < -0.4 is 10.7 Å². The molecule has 23 heavy (non-hydrogen) atoms. The van der Waals surface area contributed by atoms with Gasteiger partial charge in [0.2, 0.25) is 0 Å². The van der Waals surface area contributed by atoms with E-state index in [1.54, 1.807) is 12.1 Å². The molecule has 2 aromatic carbocycles. The number of rotatable bonds is 5. The Morgan fingerprint density at radius 3 is 2.78 bits per heavy atom. The van der Waals surface area contributed by atoms with Crippen LogP contribution in [-0.2, 0) is 4.79 Å². The van der Waals surface area contributed by atoms with Gasteiger partial charge in [0, 0.05) is 15.7 Å². The van der Waals surface area contributed by atoms with Crippen LogP contribution in [0.4, 0.5) is 5.69 Å². The number of halogens is 2. The predicted octanol–water partition coefficient (Wildman–Crippen LogP) is 3.79. The van der Waals surface area contributed by atoms with Crippen LogP contribution in [0.2, 0.25) is 0 Å². The van der Waals surface area contributed by atoms with E-state index in [9.17, 15) is 9.90 Å². The average molecular weight is 441 g/mol. The summed E-state index contributed by atoms with van der Waals surface area (Å²) in [5, 5.41) is 16.8. The maximum atomic E-state index is 11.8. The summed E-state index contributed by atoms with van der Waals surface area (Å²) in [7, 11) is 0. The number of hydrogen-bond acceptors (Lipinski definition) is 4. The number of amides is 1. The van der Waals surface area contributed by atoms with Crippen molar-refractivity contribution in [1.29, 1.82) is 0 Å². The van der Waals surface area contributed by atoms with E-state index in [-0.39, 0.29) is 18.2 Å². The number of benzene rings is 2. The van der Waals surface area contributed by atoms with Gasteiger partial charge in [0.05, 0.1) is 17.2 Å². The van der Waals surface area contributed by atoms with Crippen LogP contribution in [-0.4, -0.2) is 23.8 Å². The second-order valence-electron chi connectivity index (χ2n) is 4.79. The Kier molecular flexibility index (Phi) is 6.18. The second kappa shape index (κ2) is 8.12. The zero-order valence-corrected chi connectivity index (χ0v) is 15.5. The molecular formula is C16H15Br2N3O2. The van der Waals surface area contributed by atoms with Gasteiger partial charge in [0.25, 0.3) is 5.91 Å². The van der Waals surface area contributed by atoms with Crippen molar-refractivity contribution < 1.29 is 9.90 Å². The van der Waals surface area contributed by atoms with Gasteiger partial charge in [-0.05, 0) is 46.6 Å². The highest BCUT2D eigenvalue weighted by Crippen LogP contribution is 2.30. The standard InChI is InChI=1S/C16H15Br2N3O2/c1-10-4-2-3-5-14(10)19-9-15(22)21-20-8-11-6-12(17)7-13(18)16(11)23/h2-8,19,23H,9H2,1H3,(H,21,22). The van der Waals surface area contributed by atoms with Crippen LogP contribution in [0.3, 0.4) is 0 Å². The van der Waals surface area contributed by atoms with E-state index in [4.69, 9.17) is 0 Å². The van der Waals surface area contributed by atoms with Crippen molar-refractivity contribution in [3.63, 3.8) is 0 Å². The summed E-state index contributed by atoms with van der Waals surface area (Å²) in [5.41, 5.74) is 4.86. The number of para-hydroxylation sites is 1. The van der Waals surface area contributed by atoms with E-state index in [0.717, 1.165) is 15.7 Å². The van der Waals surface area contributed by atoms with Crippen LogP contribution in [0, 0.1) is 6.92 Å². The molecule has 0 aliphatic carbocycles. The number of anilines is 1. The summed E-state index contributed by atoms with van der Waals surface area (Å²) in [5.74, 6) is -0.220. The van der Waals surface area contributed by atoms with Gasteiger partial charge in [-0.1, -0.05) is 34.1 Å². The van der Waals surface area contributed by atoms with E-state index >= 15 is 0 Å². The minimum absolute atomic E-state index is 0.0595. The Morgan fingerprint density at radius 1 is 1.30 bits per heavy atom. The maximum Gasteiger partial charge on any atom is 0.259 e. The van der Waals surface area contributed by atoms with E-state index in [1.807, 2.05) is 31.2 Å². The molecule has 7 heteroatoms. The van der Waals surface area contributed by atoms with Gasteiger partial charge in [0.15, 0.2) is 0 Å². The fraction of sp³-hybridized carbons (Fsp3) is 0.125. The lowest BCUT2D eigenvalue weighted by Crippen LogP contribution is -2.26. The number of carbonyl (C=O) groups excluding carboxylic acids is 1. The van der Waals surface area contributed by atoms with Crippen molar-refractivity contribution in [1.82, 2.24) is 5.43 Å². The van der Waals surface area contributed by atoms with E-state index in [0.29, 0.717) is 10.0 Å². The van der Waals surface area contributed by atoms with Crippen molar-refractivity contribution in [2.24, 2.45) is 5.10 Å². The molecule has 0 aliphatic heterocycles. The minimum atomic E-state index is -0.280. The second-order valence-corrected chi connectivity index (χ2v) is 6.56. The van der Waals surface area contributed by atoms with Crippen molar-refractivity contribution in [2.75, 3.05) is 11.9 Å². The quantitative estimate of drug-likeness (QED) is 0.489. The van der Waals surface area contributed by atoms with Crippen LogP contribution in [0.1, 0.15) is 11.1 Å². The number of carbonyl (C=O) groups is 1. The first-order chi connectivity index (χ1) is 11.0. The highest BCUT2D eigenvalue weighted by molar-refractivity contribution is 9.11. The molecule has 5 nitrogen and oxygen atoms in total. The number of nitrogens with zero attached hydrogens (tertiary/aromatic N) is 1. The number of hydrogen-bond donors (Lipinski definition) is 3. The molecule has 0 atom stereocenters. The average Bonchev–Trinajstić information content (AvgIpc) is 2.51. The highest BCUT2D eigenvalue weighted by Gasteiger charge is 2.06. The topological polar surface area (TPSA) is 73.7 Å². The zero-order valence-electron chi connectivity index (χ0n) is 12.3. The molecule has 0 radical (unpaired) electrons. The lowest BCUT2D eigenvalue weighted by atomic mass is 10.2. The Balaban J connectivity index is 1.91. The largest absolute Gasteiger partial charge is 0.506 e. The molecule has 0 aliphatic rings. The number of nitrogens with one attached hydrogen (secondary N) is 2. The molecular weight excluding hydrogens is 426 g/mol. The number of phenols is 1. The molecule has 0 aromatic heterocycles. The van der Waals surface area contributed by atoms with Crippen molar-refractivity contribution >= 4 is 49.7 Å². The summed E-state index contributed by atoms with van der Waals surface area (Å²) < 4.78 is 1.33. The lowest BCUT2D eigenvalue weighted by molar-refractivity contribution is -0.119. The molecule has 1 amide bonds. The van der Waals surface area contributed by atoms with Gasteiger partial charge < -0.3 is 10.4 Å². The van der Waals surface area contributed by atoms with Gasteiger partial charge >= 0.3 is 0 Å². The van der Waals surface area contributed by atoms with Gasteiger partial charge in [-0.25, -0.2) is 5.43 Å². The third kappa shape index (κ3) is 5.07. The molecule has 0 spiro atoms. The lowest BCUT2D eigenvalue weighted by Gasteiger charge is -2.08. The van der Waals surface area contributed by atoms with Crippen molar-refractivity contribution in [3.05, 3.63) is 56.5 Å². The van der Waals surface area contributed by atoms with E-state index in [2.05, 4.69) is 47.7 Å². The molecule has 0 bridgehead atoms. The first-order valence-electron chi connectivity index (χ1n) is 6.77. The van der Waals surface area contributed by atoms with Gasteiger partial charge in [-0.15, -0.1) is 0 Å². The molecule has 120 valence electrons. The summed E-state index contributed by atoms with van der Waals surface area (Å²) in [6.45, 7) is 2.07. The van der Waals surface area contributed by atoms with E-state index in [1.165, 1.54) is 6.21 Å². The third-order valence-corrected chi connectivity index (χ3v) is 4.10. The van der Waals surface area contributed by atoms with Gasteiger partial charge in [-0.3, -0.25) is 4.79 Å². The highest BCUT2D eigenvalue weighted by atomic mass is 79.9. The molecule has 0 unspecified atom stereocenters. The number of aromatic hydroxyl groups is 1. The van der Waals surface area contributed by atoms with Crippen molar-refractivity contribution in [3.8, 4) is 5.75 Å². The summed E-state index contributed by atoms with van der Waals surface area (Å²) in [4.78, 5) is 11.8. The minimum Gasteiger partial charge on any atom is -0.506 e. The first kappa shape index (κ1) is 17.5. The molecule has 3 N–H and O–H groups in total. The Hall–Kier alpha value is -1.86. The number of aryl methyl sites for hydroxylation is 1. The molecule has 2 aromatic rings. The first-order valence-corrected chi connectivity index (χ1v) is 8.35. The molecule has 0 fully saturated rings. The predicted molar refractivity (Wildman–Crippen MR) is 98.9 cm³/mol. The summed E-state index contributed by atoms with van der Waals surface area (Å²) in [6.07, 6.45) is 1.39. The summed E-state index contributed by atoms with van der Waals surface area (Å²) >= 11 is 6.56. The number of phenolic OH excluding ortho intramolecular Hbond substituents is 1. The SMILES string of the molecule is Cc1ccccc1NCC(=O)NN=Cc1cc(Br)cc(Br)c1O. The fourth-order valence-corrected chi connectivity index (χ4v) is 3.10. The molecule has 0 saturated heterocycles. The third-order valence-electron chi connectivity index (χ3n) is 3.04. The molecule has 0 saturated carbocycles. The maximum absolute atomic E-state index is 11.8. The molecule has 2 rings (SSSR count). The van der Waals surface area contributed by atoms with Crippen LogP contribution >= 0.6 is 31.9 Å². The van der Waals surface area contributed by atoms with Crippen LogP contribution in [0.25, 0.3) is 0 Å². The van der Waals surface area contributed by atoms with E-state index < -0.39 is 0 Å². The Labute approximate surface area is 151 Å². The van der Waals surface area contributed by atoms with Gasteiger partial charge in [-0.2, -0.15) is 5.10 Å². The Bertz CT molecular complexity index is 748. The summed E-state index contributed by atoms with van der Waals surface area (Å²) in [6, 6.07) is 11.1. The monoisotopic (exact) mass is 439 g/mol. The van der Waals surface area contributed by atoms with Gasteiger partial charge in [0.1, 0.15) is 5.75 Å². The molecule has 0 heterocycles. The Morgan fingerprint density at radius 2 is 2.04 bits per heavy atom. The normalized spacial score (nSPS) is 10.7. The smallest absolute Gasteiger partial charge is 0.259 e. The zero-order chi connectivity index (χ0) is 16.8. The van der Waals surface area contributed by atoms with Crippen molar-refractivity contribution in [2.45, 2.75) is 6.92 Å². The van der Waals surface area contributed by atoms with Crippen LogP contribution in [0.15, 0.2) is 50.4 Å². The number of hydrazone groups is 1.